The first-order valence-corrected chi connectivity index (χ1v) is 29.0. The van der Waals surface area contributed by atoms with Gasteiger partial charge in [-0.1, -0.05) is 120 Å². The number of pyridine rings is 6. The van der Waals surface area contributed by atoms with E-state index >= 15 is 0 Å². The van der Waals surface area contributed by atoms with Gasteiger partial charge in [-0.05, 0) is 107 Å². The quantitative estimate of drug-likeness (QED) is 0.0930. The predicted molar refractivity (Wildman–Crippen MR) is 357 cm³/mol. The first-order chi connectivity index (χ1) is 44.1. The second-order valence-corrected chi connectivity index (χ2v) is 21.5. The zero-order chi connectivity index (χ0) is 61.0. The van der Waals surface area contributed by atoms with Crippen molar-refractivity contribution in [1.82, 2.24) is 37.9 Å². The normalized spacial score (nSPS) is 11.2. The molecule has 14 nitrogen and oxygen atoms in total. The van der Waals surface area contributed by atoms with E-state index in [1.54, 1.807) is 0 Å². The average molecular weight is 1380 g/mol. The molecule has 0 aliphatic rings. The monoisotopic (exact) mass is 1380 g/mol. The van der Waals surface area contributed by atoms with Gasteiger partial charge in [0.05, 0.1) is 27.6 Å². The number of carboxylic acid groups (broad SMARTS) is 2. The Labute approximate surface area is 552 Å². The molecule has 2 N–H and O–H groups in total. The van der Waals surface area contributed by atoms with Gasteiger partial charge in [-0.25, -0.2) is 9.97 Å². The molecule has 10 aromatic heterocycles. The van der Waals surface area contributed by atoms with E-state index in [4.69, 9.17) is 39.2 Å². The van der Waals surface area contributed by atoms with E-state index in [2.05, 4.69) is 198 Å². The Balaban J connectivity index is 0.000000148. The Morgan fingerprint density at radius 3 is 1.46 bits per heavy atom. The summed E-state index contributed by atoms with van der Waals surface area (Å²) in [5, 5.41) is 28.5. The summed E-state index contributed by atoms with van der Waals surface area (Å²) in [7, 11) is 0. The Bertz CT molecular complexity index is 5500. The molecule has 0 bridgehead atoms. The summed E-state index contributed by atoms with van der Waals surface area (Å²) < 4.78 is 21.8. The molecule has 0 saturated carbocycles. The molecule has 0 amide bonds. The fraction of sp³-hybridized carbons (Fsp3) is 0.0263. The number of nitrogens with zero attached hydrogens (tertiary/aromatic N) is 8. The molecule has 0 saturated heterocycles. The molecule has 16 heteroatoms. The predicted octanol–water partition coefficient (Wildman–Crippen LogP) is 17.9. The fourth-order valence-electron chi connectivity index (χ4n) is 12.4. The first kappa shape index (κ1) is 59.8. The summed E-state index contributed by atoms with van der Waals surface area (Å²) in [6.45, 7) is 2.17. The van der Waals surface area contributed by atoms with Crippen LogP contribution < -0.4 is 9.47 Å². The number of rotatable bonds is 6. The minimum Gasteiger partial charge on any atom is -0.503 e. The van der Waals surface area contributed by atoms with Crippen LogP contribution in [0.15, 0.2) is 256 Å². The number of fused-ring (bicyclic) bond motifs is 22. The summed E-state index contributed by atoms with van der Waals surface area (Å²) in [6.07, 6.45) is 11.7. The van der Waals surface area contributed by atoms with Crippen LogP contribution in [0, 0.1) is 12.1 Å². The molecule has 18 rings (SSSR count). The van der Waals surface area contributed by atoms with Gasteiger partial charge in [0.25, 0.3) is 11.9 Å². The molecule has 0 spiro atoms. The summed E-state index contributed by atoms with van der Waals surface area (Å²) in [5.74, 6) is 2.81. The van der Waals surface area contributed by atoms with Crippen LogP contribution in [0.3, 0.4) is 0 Å². The largest absolute Gasteiger partial charge is 2.00 e. The van der Waals surface area contributed by atoms with E-state index in [-0.39, 0.29) is 40.8 Å². The Hall–Kier alpha value is -11.1. The smallest absolute Gasteiger partial charge is 0.503 e. The molecule has 92 heavy (non-hydrogen) atoms. The maximum absolute atomic E-state index is 9.00. The summed E-state index contributed by atoms with van der Waals surface area (Å²) in [6, 6.07) is 81.8. The molecule has 0 aliphatic carbocycles. The number of benzene rings is 8. The van der Waals surface area contributed by atoms with Crippen molar-refractivity contribution < 1.29 is 70.1 Å². The van der Waals surface area contributed by atoms with Crippen molar-refractivity contribution in [2.75, 3.05) is 0 Å². The van der Waals surface area contributed by atoms with Gasteiger partial charge in [0, 0.05) is 143 Å². The second-order valence-electron chi connectivity index (χ2n) is 21.5. The summed E-state index contributed by atoms with van der Waals surface area (Å²) in [4.78, 5) is 36.8. The SMILES string of the molecule is CC(=O)O.CC(=O)O.[Pd+2].[Pd].[c-]1c(Oc2[c-]c3c(cc2)c2ccccc2n3-c2ccccn2)ccc2c1c1ncccc1n1cc3ccccc3c21.c1ccc(-n2c3ccccc3c3ccc(Oc4ccc5c(c4)c4ncccc4n4cc6ccccc6c54)cc32)nc1. The van der Waals surface area contributed by atoms with Gasteiger partial charge >= 0.3 is 20.4 Å². The van der Waals surface area contributed by atoms with Crippen molar-refractivity contribution in [2.45, 2.75) is 13.8 Å². The Kier molecular flexibility index (Phi) is 16.3. The molecule has 8 aromatic carbocycles. The van der Waals surface area contributed by atoms with Crippen molar-refractivity contribution in [2.24, 2.45) is 0 Å². The van der Waals surface area contributed by atoms with Crippen LogP contribution in [0.5, 0.6) is 23.0 Å². The van der Waals surface area contributed by atoms with E-state index in [0.717, 1.165) is 124 Å². The first-order valence-electron chi connectivity index (χ1n) is 29.0. The van der Waals surface area contributed by atoms with Crippen LogP contribution in [0.4, 0.5) is 0 Å². The van der Waals surface area contributed by atoms with Crippen molar-refractivity contribution in [1.29, 1.82) is 0 Å². The minimum atomic E-state index is -0.833. The van der Waals surface area contributed by atoms with Gasteiger partial charge in [0.1, 0.15) is 23.1 Å². The number of hydrogen-bond acceptors (Lipinski definition) is 8. The number of carboxylic acids is 2. The van der Waals surface area contributed by atoms with Gasteiger partial charge in [-0.2, -0.15) is 6.07 Å². The van der Waals surface area contributed by atoms with E-state index in [1.165, 1.54) is 32.4 Å². The third kappa shape index (κ3) is 10.8. The van der Waals surface area contributed by atoms with E-state index in [1.807, 2.05) is 97.6 Å². The topological polar surface area (TPSA) is 163 Å². The van der Waals surface area contributed by atoms with Gasteiger partial charge in [0.2, 0.25) is 0 Å². The number of ether oxygens (including phenoxy) is 2. The minimum absolute atomic E-state index is 0. The van der Waals surface area contributed by atoms with Gasteiger partial charge in [-0.3, -0.25) is 19.1 Å². The number of aliphatic carboxylic acids is 2. The van der Waals surface area contributed by atoms with E-state index < -0.39 is 11.9 Å². The number of aromatic nitrogens is 8. The van der Waals surface area contributed by atoms with Crippen molar-refractivity contribution >= 4 is 132 Å². The molecular weight excluding hydrogens is 1330 g/mol. The molecule has 18 aromatic rings. The fourth-order valence-corrected chi connectivity index (χ4v) is 12.4. The van der Waals surface area contributed by atoms with Gasteiger partial charge in [-0.15, -0.1) is 29.0 Å². The zero-order valence-electron chi connectivity index (χ0n) is 49.0. The molecular formula is C76H50N8O6Pd2. The van der Waals surface area contributed by atoms with Crippen LogP contribution >= 0.6 is 0 Å². The summed E-state index contributed by atoms with van der Waals surface area (Å²) in [5.41, 5.74) is 10.4. The number of para-hydroxylation sites is 2. The molecule has 10 heterocycles. The van der Waals surface area contributed by atoms with Crippen LogP contribution in [0.1, 0.15) is 13.8 Å². The van der Waals surface area contributed by atoms with Crippen LogP contribution in [0.2, 0.25) is 0 Å². The molecule has 0 unspecified atom stereocenters. The second kappa shape index (κ2) is 25.1. The number of hydrogen-bond donors (Lipinski definition) is 2. The van der Waals surface area contributed by atoms with E-state index in [0.29, 0.717) is 11.5 Å². The third-order valence-electron chi connectivity index (χ3n) is 15.9. The number of carbonyl (C=O) groups is 2. The average Bonchev–Trinajstić information content (AvgIpc) is 1.49. The Morgan fingerprint density at radius 2 is 0.837 bits per heavy atom. The molecule has 0 atom stereocenters. The van der Waals surface area contributed by atoms with Gasteiger partial charge in [0.15, 0.2) is 0 Å². The maximum Gasteiger partial charge on any atom is 2.00 e. The molecule has 0 fully saturated rings. The molecule has 0 radical (unpaired) electrons. The van der Waals surface area contributed by atoms with Crippen LogP contribution in [-0.4, -0.2) is 60.0 Å². The van der Waals surface area contributed by atoms with Gasteiger partial charge < -0.3 is 38.0 Å². The zero-order valence-corrected chi connectivity index (χ0v) is 52.1. The third-order valence-corrected chi connectivity index (χ3v) is 15.9. The van der Waals surface area contributed by atoms with E-state index in [9.17, 15) is 0 Å². The van der Waals surface area contributed by atoms with Crippen molar-refractivity contribution in [3.8, 4) is 34.6 Å². The standard InChI is InChI=1S/C36H22N4O.C36H20N4O.2C2H4O2.2Pd/c2*1-2-9-26-23(8-1)22-39-32-12-7-19-38-35(32)30-20-24(15-17-29(30)36(26)39)41-25-14-16-28-27-10-3-4-11-31(27)40(33(28)21-25)34-13-5-6-18-37-34;2*1-2(3)4;;/h1-22H;1-19,22H;2*1H3,(H,3,4);;/q;-2;;;;+2. The Morgan fingerprint density at radius 1 is 0.391 bits per heavy atom. The van der Waals surface area contributed by atoms with Crippen LogP contribution in [0.25, 0.3) is 131 Å². The molecule has 0 aliphatic heterocycles. The van der Waals surface area contributed by atoms with Crippen molar-refractivity contribution in [3.63, 3.8) is 0 Å². The maximum atomic E-state index is 9.00. The molecule has 450 valence electrons. The summed E-state index contributed by atoms with van der Waals surface area (Å²) >= 11 is 0. The van der Waals surface area contributed by atoms with Crippen molar-refractivity contribution in [3.05, 3.63) is 268 Å². The van der Waals surface area contributed by atoms with Crippen LogP contribution in [-0.2, 0) is 50.4 Å².